The molecule has 2 aromatic rings. The number of hydrogen-bond donors (Lipinski definition) is 1. The summed E-state index contributed by atoms with van der Waals surface area (Å²) >= 11 is 6.04. The lowest BCUT2D eigenvalue weighted by Gasteiger charge is -2.14. The quantitative estimate of drug-likeness (QED) is 0.616. The average Bonchev–Trinajstić information content (AvgIpc) is 3.09. The number of quaternary nitrogens is 1. The SMILES string of the molecule is CN(C)c1ccc([C@H]2[NH2+]C[C@H](COc3ccc([N+](=O)[O-])cc3Cl)O2)cc1. The van der Waals surface area contributed by atoms with E-state index in [-0.39, 0.29) is 23.0 Å². The van der Waals surface area contributed by atoms with Crippen molar-refractivity contribution >= 4 is 23.0 Å². The maximum Gasteiger partial charge on any atom is 0.271 e. The summed E-state index contributed by atoms with van der Waals surface area (Å²) < 4.78 is 11.7. The normalized spacial score (nSPS) is 19.3. The van der Waals surface area contributed by atoms with Gasteiger partial charge in [0, 0.05) is 37.5 Å². The van der Waals surface area contributed by atoms with Crippen molar-refractivity contribution in [2.24, 2.45) is 0 Å². The van der Waals surface area contributed by atoms with E-state index in [0.717, 1.165) is 17.8 Å². The van der Waals surface area contributed by atoms with Crippen LogP contribution in [0.1, 0.15) is 11.8 Å². The monoisotopic (exact) mass is 378 g/mol. The summed E-state index contributed by atoms with van der Waals surface area (Å²) in [5.74, 6) is 0.416. The van der Waals surface area contributed by atoms with E-state index in [0.29, 0.717) is 12.4 Å². The molecule has 8 heteroatoms. The molecule has 0 radical (unpaired) electrons. The summed E-state index contributed by atoms with van der Waals surface area (Å²) in [6.45, 7) is 1.10. The molecule has 0 aliphatic carbocycles. The van der Waals surface area contributed by atoms with Gasteiger partial charge in [0.1, 0.15) is 25.0 Å². The van der Waals surface area contributed by atoms with Crippen molar-refractivity contribution in [1.82, 2.24) is 0 Å². The van der Waals surface area contributed by atoms with Gasteiger partial charge in [0.05, 0.1) is 9.95 Å². The van der Waals surface area contributed by atoms with Gasteiger partial charge >= 0.3 is 0 Å². The smallest absolute Gasteiger partial charge is 0.271 e. The number of anilines is 1. The Morgan fingerprint density at radius 1 is 1.31 bits per heavy atom. The van der Waals surface area contributed by atoms with Crippen molar-refractivity contribution < 1.29 is 19.7 Å². The van der Waals surface area contributed by atoms with Crippen LogP contribution in [0, 0.1) is 10.1 Å². The summed E-state index contributed by atoms with van der Waals surface area (Å²) in [7, 11) is 4.01. The first-order valence-corrected chi connectivity index (χ1v) is 8.64. The molecule has 2 aromatic carbocycles. The Kier molecular flexibility index (Phi) is 5.61. The number of non-ortho nitro benzene ring substituents is 1. The molecule has 0 spiro atoms. The number of halogens is 1. The van der Waals surface area contributed by atoms with Crippen molar-refractivity contribution in [1.29, 1.82) is 0 Å². The number of nitro groups is 1. The van der Waals surface area contributed by atoms with Gasteiger partial charge in [-0.25, -0.2) is 0 Å². The van der Waals surface area contributed by atoms with Gasteiger partial charge in [-0.05, 0) is 30.3 Å². The molecule has 1 heterocycles. The molecule has 1 saturated heterocycles. The molecular formula is C18H21ClN3O4+. The van der Waals surface area contributed by atoms with Crippen molar-refractivity contribution in [2.75, 3.05) is 32.1 Å². The molecule has 2 atom stereocenters. The zero-order chi connectivity index (χ0) is 18.7. The standard InChI is InChI=1S/C18H20ClN3O4/c1-21(2)13-5-3-12(4-6-13)18-20-10-15(26-18)11-25-17-8-7-14(22(23)24)9-16(17)19/h3-9,15,18,20H,10-11H2,1-2H3/p+1/t15-,18+/m1/s1. The maximum absolute atomic E-state index is 10.7. The van der Waals surface area contributed by atoms with Crippen LogP contribution < -0.4 is 15.0 Å². The summed E-state index contributed by atoms with van der Waals surface area (Å²) in [6, 6.07) is 12.4. The number of rotatable bonds is 6. The van der Waals surface area contributed by atoms with Crippen LogP contribution in [0.2, 0.25) is 5.02 Å². The number of nitro benzene ring substituents is 1. The van der Waals surface area contributed by atoms with Gasteiger partial charge in [0.15, 0.2) is 0 Å². The highest BCUT2D eigenvalue weighted by molar-refractivity contribution is 6.32. The fraction of sp³-hybridized carbons (Fsp3) is 0.333. The summed E-state index contributed by atoms with van der Waals surface area (Å²) in [6.07, 6.45) is -0.146. The van der Waals surface area contributed by atoms with Crippen LogP contribution in [-0.4, -0.2) is 38.3 Å². The van der Waals surface area contributed by atoms with Crippen LogP contribution in [0.4, 0.5) is 11.4 Å². The highest BCUT2D eigenvalue weighted by Gasteiger charge is 2.30. The molecule has 0 bridgehead atoms. The van der Waals surface area contributed by atoms with Crippen LogP contribution in [0.25, 0.3) is 0 Å². The average molecular weight is 379 g/mol. The second-order valence-corrected chi connectivity index (χ2v) is 6.73. The Hall–Kier alpha value is -2.35. The topological polar surface area (TPSA) is 81.5 Å². The van der Waals surface area contributed by atoms with Crippen LogP contribution in [0.3, 0.4) is 0 Å². The van der Waals surface area contributed by atoms with Gasteiger partial charge in [-0.15, -0.1) is 0 Å². The molecule has 0 aromatic heterocycles. The Bertz CT molecular complexity index is 783. The Morgan fingerprint density at radius 3 is 2.65 bits per heavy atom. The lowest BCUT2D eigenvalue weighted by Crippen LogP contribution is -2.82. The summed E-state index contributed by atoms with van der Waals surface area (Å²) in [5.41, 5.74) is 2.18. The molecule has 7 nitrogen and oxygen atoms in total. The van der Waals surface area contributed by atoms with Gasteiger partial charge in [0.2, 0.25) is 6.23 Å². The number of ether oxygens (including phenoxy) is 2. The second-order valence-electron chi connectivity index (χ2n) is 6.32. The zero-order valence-corrected chi connectivity index (χ0v) is 15.3. The molecule has 1 aliphatic heterocycles. The molecule has 2 N–H and O–H groups in total. The van der Waals surface area contributed by atoms with Crippen molar-refractivity contribution in [3.05, 3.63) is 63.2 Å². The Labute approximate surface area is 156 Å². The van der Waals surface area contributed by atoms with Crippen molar-refractivity contribution in [3.63, 3.8) is 0 Å². The minimum Gasteiger partial charge on any atom is -0.489 e. The highest BCUT2D eigenvalue weighted by atomic mass is 35.5. The van der Waals surface area contributed by atoms with E-state index in [9.17, 15) is 10.1 Å². The lowest BCUT2D eigenvalue weighted by atomic mass is 10.2. The molecule has 0 unspecified atom stereocenters. The minimum absolute atomic E-state index is 0.0611. The molecule has 26 heavy (non-hydrogen) atoms. The second kappa shape index (κ2) is 7.90. The van der Waals surface area contributed by atoms with Gasteiger partial charge in [-0.3, -0.25) is 10.1 Å². The fourth-order valence-electron chi connectivity index (χ4n) is 2.78. The molecule has 3 rings (SSSR count). The Morgan fingerprint density at radius 2 is 2.04 bits per heavy atom. The number of nitrogens with zero attached hydrogens (tertiary/aromatic N) is 2. The third kappa shape index (κ3) is 4.24. The van der Waals surface area contributed by atoms with Crippen molar-refractivity contribution in [2.45, 2.75) is 12.3 Å². The molecule has 0 saturated carbocycles. The van der Waals surface area contributed by atoms with Crippen molar-refractivity contribution in [3.8, 4) is 5.75 Å². The van der Waals surface area contributed by atoms with Crippen LogP contribution >= 0.6 is 11.6 Å². The zero-order valence-electron chi connectivity index (χ0n) is 14.6. The van der Waals surface area contributed by atoms with Gasteiger partial charge in [-0.1, -0.05) is 11.6 Å². The summed E-state index contributed by atoms with van der Waals surface area (Å²) in [4.78, 5) is 12.3. The third-order valence-corrected chi connectivity index (χ3v) is 4.54. The fourth-order valence-corrected chi connectivity index (χ4v) is 3.01. The molecule has 0 amide bonds. The lowest BCUT2D eigenvalue weighted by molar-refractivity contribution is -0.697. The van der Waals surface area contributed by atoms with E-state index in [1.807, 2.05) is 19.0 Å². The van der Waals surface area contributed by atoms with E-state index in [1.165, 1.54) is 18.2 Å². The van der Waals surface area contributed by atoms with Crippen LogP contribution in [0.5, 0.6) is 5.75 Å². The Balaban J connectivity index is 1.55. The largest absolute Gasteiger partial charge is 0.489 e. The first-order valence-electron chi connectivity index (χ1n) is 8.27. The summed E-state index contributed by atoms with van der Waals surface area (Å²) in [5, 5.41) is 13.1. The molecular weight excluding hydrogens is 358 g/mol. The molecule has 1 fully saturated rings. The predicted molar refractivity (Wildman–Crippen MR) is 98.8 cm³/mol. The van der Waals surface area contributed by atoms with Crippen LogP contribution in [0.15, 0.2) is 42.5 Å². The third-order valence-electron chi connectivity index (χ3n) is 4.24. The van der Waals surface area contributed by atoms with E-state index in [2.05, 4.69) is 29.6 Å². The van der Waals surface area contributed by atoms with E-state index >= 15 is 0 Å². The van der Waals surface area contributed by atoms with E-state index in [1.54, 1.807) is 0 Å². The van der Waals surface area contributed by atoms with Gasteiger partial charge in [0.25, 0.3) is 5.69 Å². The van der Waals surface area contributed by atoms with Crippen LogP contribution in [-0.2, 0) is 4.74 Å². The number of nitrogens with two attached hydrogens (primary N) is 1. The van der Waals surface area contributed by atoms with E-state index < -0.39 is 4.92 Å². The van der Waals surface area contributed by atoms with E-state index in [4.69, 9.17) is 21.1 Å². The molecule has 138 valence electrons. The first-order chi connectivity index (χ1) is 12.4. The molecule has 1 aliphatic rings. The van der Waals surface area contributed by atoms with Gasteiger partial charge < -0.3 is 19.7 Å². The number of benzene rings is 2. The van der Waals surface area contributed by atoms with Gasteiger partial charge in [-0.2, -0.15) is 0 Å². The predicted octanol–water partition coefficient (Wildman–Crippen LogP) is 2.35. The highest BCUT2D eigenvalue weighted by Crippen LogP contribution is 2.29. The first kappa shape index (κ1) is 18.4. The maximum atomic E-state index is 10.7. The number of hydrogen-bond acceptors (Lipinski definition) is 5. The minimum atomic E-state index is -0.489.